The average Bonchev–Trinajstić information content (AvgIpc) is 2.60. The van der Waals surface area contributed by atoms with E-state index in [1.165, 1.54) is 0 Å². The Kier molecular flexibility index (Phi) is 6.64. The molecule has 1 N–H and O–H groups in total. The molecule has 0 radical (unpaired) electrons. The van der Waals surface area contributed by atoms with E-state index in [4.69, 9.17) is 4.74 Å². The van der Waals surface area contributed by atoms with E-state index in [-0.39, 0.29) is 17.7 Å². The summed E-state index contributed by atoms with van der Waals surface area (Å²) in [4.78, 5) is 28.5. The molecule has 0 bridgehead atoms. The molecule has 1 aromatic carbocycles. The van der Waals surface area contributed by atoms with Gasteiger partial charge in [0.1, 0.15) is 5.75 Å². The minimum atomic E-state index is -0.799. The number of hydrogen-bond acceptors (Lipinski definition) is 4. The number of hydrogen-bond donors (Lipinski definition) is 1. The van der Waals surface area contributed by atoms with Crippen LogP contribution in [0.1, 0.15) is 38.7 Å². The molecule has 26 heavy (non-hydrogen) atoms. The predicted molar refractivity (Wildman–Crippen MR) is 99.7 cm³/mol. The number of nitrogens with zero attached hydrogens (tertiary/aromatic N) is 2. The molecule has 144 valence electrons. The van der Waals surface area contributed by atoms with E-state index in [1.54, 1.807) is 37.8 Å². The van der Waals surface area contributed by atoms with Crippen LogP contribution in [0.4, 0.5) is 0 Å². The molecule has 0 spiro atoms. The highest BCUT2D eigenvalue weighted by atomic mass is 16.5. The lowest BCUT2D eigenvalue weighted by molar-refractivity contribution is -0.143. The molecule has 1 atom stereocenters. The summed E-state index contributed by atoms with van der Waals surface area (Å²) in [6.07, 6.45) is 1.48. The molecule has 0 aromatic heterocycles. The SMILES string of the molecule is COc1ccccc1CN1C[C@H](C(=O)N(C)CCC(C)(C)O)CCC1=O. The van der Waals surface area contributed by atoms with Crippen molar-refractivity contribution in [3.05, 3.63) is 29.8 Å². The van der Waals surface area contributed by atoms with Crippen LogP contribution in [0.3, 0.4) is 0 Å². The van der Waals surface area contributed by atoms with Crippen molar-refractivity contribution >= 4 is 11.8 Å². The lowest BCUT2D eigenvalue weighted by Gasteiger charge is -2.34. The van der Waals surface area contributed by atoms with Crippen molar-refractivity contribution in [2.24, 2.45) is 5.92 Å². The Bertz CT molecular complexity index is 639. The third kappa shape index (κ3) is 5.46. The molecule has 0 aliphatic carbocycles. The molecule has 0 saturated carbocycles. The second-order valence-electron chi connectivity index (χ2n) is 7.64. The van der Waals surface area contributed by atoms with Gasteiger partial charge in [-0.2, -0.15) is 0 Å². The Balaban J connectivity index is 2.00. The molecule has 1 aromatic rings. The Labute approximate surface area is 155 Å². The molecule has 2 amide bonds. The third-order valence-electron chi connectivity index (χ3n) is 4.84. The zero-order valence-electron chi connectivity index (χ0n) is 16.2. The van der Waals surface area contributed by atoms with Crippen molar-refractivity contribution in [2.45, 2.75) is 45.3 Å². The molecule has 1 heterocycles. The summed E-state index contributed by atoms with van der Waals surface area (Å²) in [6.45, 7) is 4.83. The molecule has 1 saturated heterocycles. The molecule has 1 fully saturated rings. The molecule has 2 rings (SSSR count). The summed E-state index contributed by atoms with van der Waals surface area (Å²) in [7, 11) is 3.37. The lowest BCUT2D eigenvalue weighted by atomic mass is 9.95. The number of likely N-dealkylation sites (tertiary alicyclic amines) is 1. The standard InChI is InChI=1S/C20H30N2O4/c1-20(2,25)11-12-21(3)19(24)16-9-10-18(23)22(14-16)13-15-7-5-6-8-17(15)26-4/h5-8,16,25H,9-14H2,1-4H3/t16-/m1/s1. The number of carbonyl (C=O) groups excluding carboxylic acids is 2. The minimum Gasteiger partial charge on any atom is -0.496 e. The first kappa shape index (κ1) is 20.2. The van der Waals surface area contributed by atoms with Crippen LogP contribution in [-0.4, -0.2) is 59.6 Å². The number of benzene rings is 1. The Morgan fingerprint density at radius 1 is 1.38 bits per heavy atom. The van der Waals surface area contributed by atoms with Gasteiger partial charge in [0.25, 0.3) is 0 Å². The van der Waals surface area contributed by atoms with Gasteiger partial charge in [-0.05, 0) is 32.8 Å². The fraction of sp³-hybridized carbons (Fsp3) is 0.600. The maximum atomic E-state index is 12.7. The molecule has 6 heteroatoms. The van der Waals surface area contributed by atoms with E-state index in [0.717, 1.165) is 11.3 Å². The molecular weight excluding hydrogens is 332 g/mol. The van der Waals surface area contributed by atoms with Crippen LogP contribution in [-0.2, 0) is 16.1 Å². The monoisotopic (exact) mass is 362 g/mol. The van der Waals surface area contributed by atoms with Gasteiger partial charge in [0.05, 0.1) is 18.6 Å². The number of aliphatic hydroxyl groups is 1. The minimum absolute atomic E-state index is 0.0341. The summed E-state index contributed by atoms with van der Waals surface area (Å²) >= 11 is 0. The van der Waals surface area contributed by atoms with E-state index in [9.17, 15) is 14.7 Å². The lowest BCUT2D eigenvalue weighted by Crippen LogP contribution is -2.46. The molecule has 1 aliphatic rings. The molecule has 1 aliphatic heterocycles. The Morgan fingerprint density at radius 3 is 2.73 bits per heavy atom. The maximum absolute atomic E-state index is 12.7. The number of rotatable bonds is 7. The Morgan fingerprint density at radius 2 is 2.08 bits per heavy atom. The van der Waals surface area contributed by atoms with E-state index in [0.29, 0.717) is 38.9 Å². The van der Waals surface area contributed by atoms with Gasteiger partial charge in [-0.15, -0.1) is 0 Å². The number of carbonyl (C=O) groups is 2. The highest BCUT2D eigenvalue weighted by molar-refractivity contribution is 5.83. The highest BCUT2D eigenvalue weighted by Gasteiger charge is 2.32. The van der Waals surface area contributed by atoms with E-state index < -0.39 is 5.60 Å². The van der Waals surface area contributed by atoms with Crippen LogP contribution in [0.5, 0.6) is 5.75 Å². The van der Waals surface area contributed by atoms with Crippen molar-refractivity contribution < 1.29 is 19.4 Å². The molecule has 6 nitrogen and oxygen atoms in total. The maximum Gasteiger partial charge on any atom is 0.227 e. The number of piperidine rings is 1. The normalized spacial score (nSPS) is 18.0. The average molecular weight is 362 g/mol. The van der Waals surface area contributed by atoms with Crippen LogP contribution in [0.15, 0.2) is 24.3 Å². The third-order valence-corrected chi connectivity index (χ3v) is 4.84. The first-order valence-electron chi connectivity index (χ1n) is 9.08. The summed E-state index contributed by atoms with van der Waals surface area (Å²) in [5, 5.41) is 9.85. The fourth-order valence-corrected chi connectivity index (χ4v) is 3.17. The number of ether oxygens (including phenoxy) is 1. The fourth-order valence-electron chi connectivity index (χ4n) is 3.17. The summed E-state index contributed by atoms with van der Waals surface area (Å²) in [5.41, 5.74) is 0.138. The second-order valence-corrected chi connectivity index (χ2v) is 7.64. The van der Waals surface area contributed by atoms with E-state index in [1.807, 2.05) is 24.3 Å². The van der Waals surface area contributed by atoms with Gasteiger partial charge in [0.2, 0.25) is 11.8 Å². The molecular formula is C20H30N2O4. The van der Waals surface area contributed by atoms with Crippen molar-refractivity contribution in [1.82, 2.24) is 9.80 Å². The second kappa shape index (κ2) is 8.54. The largest absolute Gasteiger partial charge is 0.496 e. The summed E-state index contributed by atoms with van der Waals surface area (Å²) in [6, 6.07) is 7.62. The van der Waals surface area contributed by atoms with Crippen LogP contribution in [0.25, 0.3) is 0 Å². The van der Waals surface area contributed by atoms with Gasteiger partial charge < -0.3 is 19.6 Å². The number of para-hydroxylation sites is 1. The summed E-state index contributed by atoms with van der Waals surface area (Å²) in [5.74, 6) is 0.649. The quantitative estimate of drug-likeness (QED) is 0.806. The predicted octanol–water partition coefficient (Wildman–Crippen LogP) is 2.05. The Hall–Kier alpha value is -2.08. The highest BCUT2D eigenvalue weighted by Crippen LogP contribution is 2.25. The van der Waals surface area contributed by atoms with Crippen molar-refractivity contribution in [2.75, 3.05) is 27.2 Å². The topological polar surface area (TPSA) is 70.1 Å². The number of amides is 2. The van der Waals surface area contributed by atoms with Crippen molar-refractivity contribution in [3.63, 3.8) is 0 Å². The first-order valence-corrected chi connectivity index (χ1v) is 9.08. The van der Waals surface area contributed by atoms with Crippen LogP contribution < -0.4 is 4.74 Å². The van der Waals surface area contributed by atoms with Gasteiger partial charge in [-0.1, -0.05) is 18.2 Å². The first-order chi connectivity index (χ1) is 12.2. The van der Waals surface area contributed by atoms with Crippen molar-refractivity contribution in [1.29, 1.82) is 0 Å². The zero-order chi connectivity index (χ0) is 19.3. The summed E-state index contributed by atoms with van der Waals surface area (Å²) < 4.78 is 5.36. The van der Waals surface area contributed by atoms with Crippen molar-refractivity contribution in [3.8, 4) is 5.75 Å². The van der Waals surface area contributed by atoms with Gasteiger partial charge in [-0.25, -0.2) is 0 Å². The van der Waals surface area contributed by atoms with E-state index in [2.05, 4.69) is 0 Å². The zero-order valence-corrected chi connectivity index (χ0v) is 16.2. The molecule has 0 unspecified atom stereocenters. The van der Waals surface area contributed by atoms with E-state index >= 15 is 0 Å². The van der Waals surface area contributed by atoms with Crippen LogP contribution in [0, 0.1) is 5.92 Å². The van der Waals surface area contributed by atoms with Gasteiger partial charge >= 0.3 is 0 Å². The van der Waals surface area contributed by atoms with Gasteiger partial charge in [-0.3, -0.25) is 9.59 Å². The number of methoxy groups -OCH3 is 1. The van der Waals surface area contributed by atoms with Crippen LogP contribution in [0.2, 0.25) is 0 Å². The van der Waals surface area contributed by atoms with Crippen LogP contribution >= 0.6 is 0 Å². The van der Waals surface area contributed by atoms with Gasteiger partial charge in [0.15, 0.2) is 0 Å². The smallest absolute Gasteiger partial charge is 0.227 e. The van der Waals surface area contributed by atoms with Gasteiger partial charge in [0, 0.05) is 38.7 Å².